The van der Waals surface area contributed by atoms with Crippen LogP contribution in [0.5, 0.6) is 0 Å². The van der Waals surface area contributed by atoms with E-state index in [1.165, 1.54) is 38.4 Å². The molecule has 67 heavy (non-hydrogen) atoms. The van der Waals surface area contributed by atoms with E-state index in [0.717, 1.165) is 72.9 Å². The first-order valence-electron chi connectivity index (χ1n) is 23.0. The summed E-state index contributed by atoms with van der Waals surface area (Å²) in [6.07, 6.45) is 2.00. The van der Waals surface area contributed by atoms with E-state index < -0.39 is 11.5 Å². The van der Waals surface area contributed by atoms with Gasteiger partial charge in [-0.3, -0.25) is 0 Å². The van der Waals surface area contributed by atoms with Crippen LogP contribution >= 0.6 is 0 Å². The standard InChI is InChI=1S/C61H42N4O2/c1-37-62-57-53(64(43-21-5-3-6-22-43)45-31-29-39-17-9-11-19-41(39)33-45)35-51-55(59(57)66-37)56-52(61(51)49-27-15-13-25-47(49)48-26-14-16-28-50(48)61)36-54(58-60(56)67-38(2)63-58)65(44-23-7-4-8-24-44)46-32-30-40-18-10-12-20-42(40)34-46/h3-36,57,59H,1-2H3. The summed E-state index contributed by atoms with van der Waals surface area (Å²) in [6, 6.07) is 71.9. The molecular weight excluding hydrogens is 821 g/mol. The summed E-state index contributed by atoms with van der Waals surface area (Å²) in [4.78, 5) is 15.4. The fraction of sp³-hybridized carbons (Fsp3) is 0.0820. The van der Waals surface area contributed by atoms with Gasteiger partial charge in [0.2, 0.25) is 0 Å². The molecule has 14 rings (SSSR count). The first kappa shape index (κ1) is 37.9. The molecule has 6 nitrogen and oxygen atoms in total. The highest BCUT2D eigenvalue weighted by molar-refractivity contribution is 6.09. The number of fused-ring (bicyclic) bond motifs is 15. The van der Waals surface area contributed by atoms with Crippen LogP contribution in [0.2, 0.25) is 0 Å². The molecule has 9 aromatic carbocycles. The number of hydrogen-bond acceptors (Lipinski definition) is 6. The van der Waals surface area contributed by atoms with Crippen molar-refractivity contribution in [2.75, 3.05) is 9.80 Å². The Morgan fingerprint density at radius 2 is 1.04 bits per heavy atom. The number of oxazole rings is 1. The van der Waals surface area contributed by atoms with Crippen LogP contribution in [0.25, 0.3) is 49.3 Å². The number of aryl methyl sites for hydroxylation is 1. The molecule has 1 aliphatic heterocycles. The number of rotatable bonds is 6. The van der Waals surface area contributed by atoms with Crippen molar-refractivity contribution in [3.63, 3.8) is 0 Å². The lowest BCUT2D eigenvalue weighted by atomic mass is 9.68. The van der Waals surface area contributed by atoms with Crippen molar-refractivity contribution in [3.8, 4) is 11.1 Å². The van der Waals surface area contributed by atoms with E-state index in [2.05, 4.69) is 216 Å². The molecule has 0 saturated heterocycles. The number of benzene rings is 9. The van der Waals surface area contributed by atoms with E-state index in [-0.39, 0.29) is 6.04 Å². The Labute approximate surface area is 388 Å². The third-order valence-electron chi connectivity index (χ3n) is 14.4. The third-order valence-corrected chi connectivity index (χ3v) is 14.4. The number of anilines is 5. The van der Waals surface area contributed by atoms with Crippen molar-refractivity contribution in [2.45, 2.75) is 31.4 Å². The quantitative estimate of drug-likeness (QED) is 0.167. The average Bonchev–Trinajstić information content (AvgIpc) is 4.12. The summed E-state index contributed by atoms with van der Waals surface area (Å²) >= 11 is 0. The summed E-state index contributed by atoms with van der Waals surface area (Å²) in [7, 11) is 0. The van der Waals surface area contributed by atoms with Crippen molar-refractivity contribution in [1.82, 2.24) is 4.98 Å². The largest absolute Gasteiger partial charge is 0.470 e. The van der Waals surface area contributed by atoms with Crippen LogP contribution in [0.3, 0.4) is 0 Å². The fourth-order valence-electron chi connectivity index (χ4n) is 11.8. The van der Waals surface area contributed by atoms with Gasteiger partial charge in [0.1, 0.15) is 11.6 Å². The Kier molecular flexibility index (Phi) is 8.06. The minimum atomic E-state index is -0.769. The van der Waals surface area contributed by atoms with Gasteiger partial charge in [-0.25, -0.2) is 9.98 Å². The molecule has 0 saturated carbocycles. The summed E-state index contributed by atoms with van der Waals surface area (Å²) in [5, 5.41) is 4.71. The predicted molar refractivity (Wildman–Crippen MR) is 272 cm³/mol. The molecule has 0 amide bonds. The van der Waals surface area contributed by atoms with Gasteiger partial charge < -0.3 is 19.0 Å². The molecule has 0 N–H and O–H groups in total. The van der Waals surface area contributed by atoms with E-state index in [1.54, 1.807) is 0 Å². The molecule has 2 heterocycles. The number of hydrogen-bond donors (Lipinski definition) is 0. The van der Waals surface area contributed by atoms with Crippen molar-refractivity contribution in [3.05, 3.63) is 246 Å². The van der Waals surface area contributed by atoms with Gasteiger partial charge in [0.15, 0.2) is 23.5 Å². The number of allylic oxidation sites excluding steroid dienone is 2. The second-order valence-corrected chi connectivity index (χ2v) is 18.0. The molecule has 4 aliphatic rings. The van der Waals surface area contributed by atoms with Crippen LogP contribution in [0.15, 0.2) is 227 Å². The van der Waals surface area contributed by atoms with E-state index in [0.29, 0.717) is 11.8 Å². The fourth-order valence-corrected chi connectivity index (χ4v) is 11.8. The van der Waals surface area contributed by atoms with Gasteiger partial charge in [-0.05, 0) is 116 Å². The van der Waals surface area contributed by atoms with Crippen molar-refractivity contribution in [1.29, 1.82) is 0 Å². The highest BCUT2D eigenvalue weighted by atomic mass is 16.5. The van der Waals surface area contributed by atoms with Gasteiger partial charge in [0.05, 0.1) is 16.8 Å². The smallest absolute Gasteiger partial charge is 0.192 e. The number of aliphatic imine (C=N–C) groups is 1. The number of aromatic nitrogens is 1. The highest BCUT2D eigenvalue weighted by Crippen LogP contribution is 2.66. The van der Waals surface area contributed by atoms with Gasteiger partial charge >= 0.3 is 0 Å². The molecule has 6 heteroatoms. The van der Waals surface area contributed by atoms with E-state index in [4.69, 9.17) is 19.1 Å². The predicted octanol–water partition coefficient (Wildman–Crippen LogP) is 14.9. The molecule has 0 fully saturated rings. The molecule has 0 radical (unpaired) electrons. The van der Waals surface area contributed by atoms with Crippen LogP contribution in [-0.2, 0) is 10.2 Å². The maximum absolute atomic E-state index is 7.10. The maximum atomic E-state index is 7.10. The Bertz CT molecular complexity index is 3740. The second-order valence-electron chi connectivity index (χ2n) is 18.0. The zero-order chi connectivity index (χ0) is 44.4. The zero-order valence-electron chi connectivity index (χ0n) is 36.9. The molecule has 3 aliphatic carbocycles. The Morgan fingerprint density at radius 1 is 0.507 bits per heavy atom. The molecule has 1 spiro atoms. The van der Waals surface area contributed by atoms with Gasteiger partial charge in [0, 0.05) is 47.7 Å². The average molecular weight is 863 g/mol. The lowest BCUT2D eigenvalue weighted by molar-refractivity contribution is 0.257. The van der Waals surface area contributed by atoms with Crippen LogP contribution in [0.1, 0.15) is 35.1 Å². The highest BCUT2D eigenvalue weighted by Gasteiger charge is 2.58. The van der Waals surface area contributed by atoms with E-state index >= 15 is 0 Å². The molecule has 0 bridgehead atoms. The normalized spacial score (nSPS) is 17.2. The number of ether oxygens (including phenoxy) is 1. The molecule has 1 aromatic heterocycles. The van der Waals surface area contributed by atoms with Crippen LogP contribution in [-0.4, -0.2) is 23.0 Å². The minimum Gasteiger partial charge on any atom is -0.470 e. The SMILES string of the molecule is CC1=NC2C(N(c3ccccc3)c3ccc4ccccc4c3)=CC3=C(c4c(cc(N(c5ccccc5)c5ccc6ccccc6c5)c5nc(C)oc45)C34c3ccccc3-c3ccccc34)C2O1. The zero-order valence-corrected chi connectivity index (χ0v) is 36.9. The molecule has 318 valence electrons. The lowest BCUT2D eigenvalue weighted by Crippen LogP contribution is -2.37. The molecule has 2 unspecified atom stereocenters. The van der Waals surface area contributed by atoms with Crippen molar-refractivity contribution >= 4 is 72.6 Å². The van der Waals surface area contributed by atoms with Crippen LogP contribution < -0.4 is 9.80 Å². The molecular formula is C61H42N4O2. The second kappa shape index (κ2) is 14.3. The third kappa shape index (κ3) is 5.38. The summed E-state index contributed by atoms with van der Waals surface area (Å²) < 4.78 is 14.1. The van der Waals surface area contributed by atoms with Gasteiger partial charge in [0.25, 0.3) is 0 Å². The monoisotopic (exact) mass is 862 g/mol. The summed E-state index contributed by atoms with van der Waals surface area (Å²) in [6.45, 7) is 3.95. The van der Waals surface area contributed by atoms with E-state index in [9.17, 15) is 0 Å². The molecule has 2 atom stereocenters. The van der Waals surface area contributed by atoms with Crippen molar-refractivity contribution in [2.24, 2.45) is 4.99 Å². The van der Waals surface area contributed by atoms with Gasteiger partial charge in [-0.1, -0.05) is 146 Å². The van der Waals surface area contributed by atoms with Gasteiger partial charge in [-0.2, -0.15) is 0 Å². The number of nitrogens with zero attached hydrogens (tertiary/aromatic N) is 4. The van der Waals surface area contributed by atoms with E-state index in [1.807, 2.05) is 13.8 Å². The number of para-hydroxylation sites is 2. The maximum Gasteiger partial charge on any atom is 0.192 e. The Balaban J connectivity index is 1.11. The topological polar surface area (TPSA) is 54.1 Å². The van der Waals surface area contributed by atoms with Crippen LogP contribution in [0.4, 0.5) is 28.4 Å². The first-order chi connectivity index (χ1) is 33.0. The lowest BCUT2D eigenvalue weighted by Gasteiger charge is -2.38. The Hall–Kier alpha value is -8.48. The summed E-state index contributed by atoms with van der Waals surface area (Å²) in [5.74, 6) is 1.26. The Morgan fingerprint density at radius 3 is 1.67 bits per heavy atom. The molecule has 10 aromatic rings. The minimum absolute atomic E-state index is 0.363. The first-order valence-corrected chi connectivity index (χ1v) is 23.0. The van der Waals surface area contributed by atoms with Crippen molar-refractivity contribution < 1.29 is 9.15 Å². The van der Waals surface area contributed by atoms with Gasteiger partial charge in [-0.15, -0.1) is 0 Å². The van der Waals surface area contributed by atoms with Crippen LogP contribution in [0, 0.1) is 6.92 Å². The summed E-state index contributed by atoms with van der Waals surface area (Å²) in [5.41, 5.74) is 16.2.